The highest BCUT2D eigenvalue weighted by atomic mass is 16.2. The van der Waals surface area contributed by atoms with E-state index in [0.29, 0.717) is 23.4 Å². The summed E-state index contributed by atoms with van der Waals surface area (Å²) in [5.41, 5.74) is 5.54. The summed E-state index contributed by atoms with van der Waals surface area (Å²) in [5.74, 6) is -0.252. The van der Waals surface area contributed by atoms with Crippen molar-refractivity contribution >= 4 is 17.4 Å². The fraction of sp³-hybridized carbons (Fsp3) is 0.207. The summed E-state index contributed by atoms with van der Waals surface area (Å²) in [7, 11) is 0. The predicted octanol–water partition coefficient (Wildman–Crippen LogP) is 5.89. The van der Waals surface area contributed by atoms with Crippen molar-refractivity contribution in [3.63, 3.8) is 0 Å². The lowest BCUT2D eigenvalue weighted by atomic mass is 9.94. The molecule has 35 heavy (non-hydrogen) atoms. The fourth-order valence-electron chi connectivity index (χ4n) is 3.99. The molecule has 0 bridgehead atoms. The number of pyridine rings is 1. The number of aryl methyl sites for hydroxylation is 1. The topological polar surface area (TPSA) is 76.1 Å². The molecule has 1 unspecified atom stereocenters. The Bertz CT molecular complexity index is 1310. The van der Waals surface area contributed by atoms with Crippen molar-refractivity contribution in [3.8, 4) is 11.1 Å². The van der Waals surface area contributed by atoms with Crippen molar-refractivity contribution in [2.24, 2.45) is 0 Å². The predicted molar refractivity (Wildman–Crippen MR) is 138 cm³/mol. The van der Waals surface area contributed by atoms with Crippen molar-refractivity contribution in [2.45, 2.75) is 33.1 Å². The van der Waals surface area contributed by atoms with Gasteiger partial charge in [0, 0.05) is 61.1 Å². The molecule has 4 rings (SSSR count). The Balaban J connectivity index is 1.73. The minimum absolute atomic E-state index is 0.0109. The van der Waals surface area contributed by atoms with Crippen LogP contribution in [0.3, 0.4) is 0 Å². The number of Topliss-reactive ketones (excluding diaryl/α,β-unsaturated/α-hetero) is 1. The molecule has 2 heterocycles. The maximum absolute atomic E-state index is 13.4. The average molecular weight is 465 g/mol. The van der Waals surface area contributed by atoms with Crippen molar-refractivity contribution in [1.29, 1.82) is 0 Å². The van der Waals surface area contributed by atoms with Crippen LogP contribution in [0.2, 0.25) is 0 Å². The summed E-state index contributed by atoms with van der Waals surface area (Å²) in [6, 6.07) is 17.3. The summed E-state index contributed by atoms with van der Waals surface area (Å²) in [4.78, 5) is 40.9. The summed E-state index contributed by atoms with van der Waals surface area (Å²) in [6.45, 7) is 6.38. The lowest BCUT2D eigenvalue weighted by Crippen LogP contribution is -2.31. The summed E-state index contributed by atoms with van der Waals surface area (Å²) in [5, 5.41) is 0. The van der Waals surface area contributed by atoms with E-state index in [1.807, 2.05) is 57.2 Å². The van der Waals surface area contributed by atoms with Crippen LogP contribution in [0.15, 0.2) is 85.6 Å². The van der Waals surface area contributed by atoms with E-state index in [1.165, 1.54) is 0 Å². The smallest absolute Gasteiger partial charge is 0.259 e. The molecule has 1 atom stereocenters. The standard InChI is InChI=1S/C29H28N4O2/c1-4-33(29(35)23-6-5-11-30-18-23)26-16-24(22-9-7-20(2)8-10-22)15-25(17-26)28(34)14-21(3)27-19-31-12-13-32-27/h5-13,15-19,21H,4,14H2,1-3H3. The van der Waals surface area contributed by atoms with Gasteiger partial charge < -0.3 is 4.90 Å². The molecule has 176 valence electrons. The Morgan fingerprint density at radius 2 is 1.66 bits per heavy atom. The van der Waals surface area contributed by atoms with Gasteiger partial charge in [0.1, 0.15) is 0 Å². The SMILES string of the molecule is CCN(C(=O)c1cccnc1)c1cc(C(=O)CC(C)c2cnccn2)cc(-c2ccc(C)cc2)c1. The van der Waals surface area contributed by atoms with Gasteiger partial charge in [0.25, 0.3) is 5.91 Å². The first-order chi connectivity index (χ1) is 17.0. The van der Waals surface area contributed by atoms with Gasteiger partial charge in [-0.05, 0) is 55.3 Å². The lowest BCUT2D eigenvalue weighted by Gasteiger charge is -2.23. The highest BCUT2D eigenvalue weighted by Crippen LogP contribution is 2.30. The Kier molecular flexibility index (Phi) is 7.41. The van der Waals surface area contributed by atoms with Gasteiger partial charge in [-0.3, -0.25) is 24.5 Å². The van der Waals surface area contributed by atoms with E-state index in [-0.39, 0.29) is 24.0 Å². The van der Waals surface area contributed by atoms with E-state index in [2.05, 4.69) is 15.0 Å². The second-order valence-electron chi connectivity index (χ2n) is 8.58. The molecule has 4 aromatic rings. The van der Waals surface area contributed by atoms with Crippen molar-refractivity contribution in [2.75, 3.05) is 11.4 Å². The number of nitrogens with zero attached hydrogens (tertiary/aromatic N) is 4. The maximum Gasteiger partial charge on any atom is 0.259 e. The van der Waals surface area contributed by atoms with Crippen LogP contribution < -0.4 is 4.90 Å². The monoisotopic (exact) mass is 464 g/mol. The minimum atomic E-state index is -0.159. The van der Waals surface area contributed by atoms with Crippen LogP contribution in [-0.2, 0) is 0 Å². The van der Waals surface area contributed by atoms with Gasteiger partial charge >= 0.3 is 0 Å². The fourth-order valence-corrected chi connectivity index (χ4v) is 3.99. The summed E-state index contributed by atoms with van der Waals surface area (Å²) < 4.78 is 0. The normalized spacial score (nSPS) is 11.6. The average Bonchev–Trinajstić information content (AvgIpc) is 2.90. The van der Waals surface area contributed by atoms with Crippen molar-refractivity contribution in [1.82, 2.24) is 15.0 Å². The van der Waals surface area contributed by atoms with Crippen LogP contribution in [0.5, 0.6) is 0 Å². The van der Waals surface area contributed by atoms with Crippen LogP contribution in [0.4, 0.5) is 5.69 Å². The Hall–Kier alpha value is -4.19. The largest absolute Gasteiger partial charge is 0.309 e. The molecular weight excluding hydrogens is 436 g/mol. The third-order valence-corrected chi connectivity index (χ3v) is 5.99. The van der Waals surface area contributed by atoms with Crippen molar-refractivity contribution < 1.29 is 9.59 Å². The van der Waals surface area contributed by atoms with E-state index in [1.54, 1.807) is 54.1 Å². The minimum Gasteiger partial charge on any atom is -0.309 e. The first-order valence-electron chi connectivity index (χ1n) is 11.7. The molecule has 0 aliphatic rings. The zero-order chi connectivity index (χ0) is 24.8. The van der Waals surface area contributed by atoms with E-state index in [9.17, 15) is 9.59 Å². The highest BCUT2D eigenvalue weighted by molar-refractivity contribution is 6.07. The number of ketones is 1. The number of hydrogen-bond acceptors (Lipinski definition) is 5. The van der Waals surface area contributed by atoms with E-state index < -0.39 is 0 Å². The molecule has 6 nitrogen and oxygen atoms in total. The molecule has 0 saturated heterocycles. The van der Waals surface area contributed by atoms with Gasteiger partial charge in [-0.25, -0.2) is 0 Å². The zero-order valence-corrected chi connectivity index (χ0v) is 20.2. The number of amides is 1. The summed E-state index contributed by atoms with van der Waals surface area (Å²) in [6.07, 6.45) is 8.43. The number of benzene rings is 2. The molecule has 0 fully saturated rings. The molecule has 0 aliphatic heterocycles. The quantitative estimate of drug-likeness (QED) is 0.304. The van der Waals surface area contributed by atoms with Gasteiger partial charge in [-0.1, -0.05) is 36.8 Å². The second kappa shape index (κ2) is 10.8. The third kappa shape index (κ3) is 5.66. The van der Waals surface area contributed by atoms with Crippen LogP contribution in [0, 0.1) is 6.92 Å². The summed E-state index contributed by atoms with van der Waals surface area (Å²) >= 11 is 0. The van der Waals surface area contributed by atoms with Gasteiger partial charge in [-0.15, -0.1) is 0 Å². The van der Waals surface area contributed by atoms with E-state index in [4.69, 9.17) is 0 Å². The van der Waals surface area contributed by atoms with Crippen LogP contribution in [-0.4, -0.2) is 33.2 Å². The first kappa shape index (κ1) is 24.0. The molecule has 1 amide bonds. The molecule has 2 aromatic carbocycles. The van der Waals surface area contributed by atoms with Gasteiger partial charge in [-0.2, -0.15) is 0 Å². The molecule has 6 heteroatoms. The van der Waals surface area contributed by atoms with E-state index >= 15 is 0 Å². The number of anilines is 1. The molecule has 0 aliphatic carbocycles. The number of rotatable bonds is 8. The number of aromatic nitrogens is 3. The zero-order valence-electron chi connectivity index (χ0n) is 20.2. The van der Waals surface area contributed by atoms with Gasteiger partial charge in [0.15, 0.2) is 5.78 Å². The number of carbonyl (C=O) groups excluding carboxylic acids is 2. The van der Waals surface area contributed by atoms with Crippen LogP contribution in [0.25, 0.3) is 11.1 Å². The number of hydrogen-bond donors (Lipinski definition) is 0. The Morgan fingerprint density at radius 1 is 0.886 bits per heavy atom. The molecule has 0 N–H and O–H groups in total. The van der Waals surface area contributed by atoms with Gasteiger partial charge in [0.05, 0.1) is 11.3 Å². The Morgan fingerprint density at radius 3 is 2.31 bits per heavy atom. The highest BCUT2D eigenvalue weighted by Gasteiger charge is 2.21. The third-order valence-electron chi connectivity index (χ3n) is 5.99. The first-order valence-corrected chi connectivity index (χ1v) is 11.7. The van der Waals surface area contributed by atoms with Crippen LogP contribution in [0.1, 0.15) is 58.2 Å². The lowest BCUT2D eigenvalue weighted by molar-refractivity contribution is 0.0969. The van der Waals surface area contributed by atoms with Crippen LogP contribution >= 0.6 is 0 Å². The van der Waals surface area contributed by atoms with E-state index in [0.717, 1.165) is 22.4 Å². The molecule has 0 saturated carbocycles. The molecule has 0 spiro atoms. The Labute approximate surface area is 205 Å². The maximum atomic E-state index is 13.4. The number of carbonyl (C=O) groups is 2. The molecule has 2 aromatic heterocycles. The van der Waals surface area contributed by atoms with Crippen molar-refractivity contribution in [3.05, 3.63) is 108 Å². The molecule has 0 radical (unpaired) electrons. The van der Waals surface area contributed by atoms with Gasteiger partial charge in [0.2, 0.25) is 0 Å². The second-order valence-corrected chi connectivity index (χ2v) is 8.58. The molecular formula is C29H28N4O2.